The molecule has 1 N–H and O–H groups in total. The van der Waals surface area contributed by atoms with E-state index in [1.807, 2.05) is 30.3 Å². The zero-order chi connectivity index (χ0) is 16.9. The van der Waals surface area contributed by atoms with Crippen LogP contribution in [0.2, 0.25) is 5.72 Å². The number of hydrogen-bond donors (Lipinski definition) is 1. The van der Waals surface area contributed by atoms with Crippen LogP contribution in [0.15, 0.2) is 42.0 Å². The molecule has 0 bridgehead atoms. The molecule has 1 aliphatic heterocycles. The van der Waals surface area contributed by atoms with Gasteiger partial charge in [0.2, 0.25) is 0 Å². The van der Waals surface area contributed by atoms with E-state index in [0.717, 1.165) is 31.2 Å². The van der Waals surface area contributed by atoms with E-state index in [-0.39, 0.29) is 12.5 Å². The summed E-state index contributed by atoms with van der Waals surface area (Å²) >= 11 is 0. The second-order valence-electron chi connectivity index (χ2n) is 6.17. The fraction of sp³-hybridized carbons (Fsp3) is 0.500. The molecule has 0 aromatic heterocycles. The van der Waals surface area contributed by atoms with E-state index in [1.165, 1.54) is 4.90 Å². The summed E-state index contributed by atoms with van der Waals surface area (Å²) in [5, 5.41) is 10.8. The smallest absolute Gasteiger partial charge is 0.252 e. The molecule has 1 unspecified atom stereocenters. The number of amides is 1. The Hall–Kier alpha value is -1.48. The zero-order valence-corrected chi connectivity index (χ0v) is 13.7. The first-order valence-electron chi connectivity index (χ1n) is 8.30. The van der Waals surface area contributed by atoms with Crippen LogP contribution in [0.1, 0.15) is 44.6 Å². The third-order valence-electron chi connectivity index (χ3n) is 4.31. The van der Waals surface area contributed by atoms with Crippen LogP contribution >= 0.6 is 0 Å². The Kier molecular flexibility index (Phi) is 6.11. The van der Waals surface area contributed by atoms with Gasteiger partial charge in [0, 0.05) is 12.1 Å². The number of carbonyl (C=O) groups is 1. The summed E-state index contributed by atoms with van der Waals surface area (Å²) in [5.41, 5.74) is -1.11. The minimum atomic E-state index is -1.62. The summed E-state index contributed by atoms with van der Waals surface area (Å²) in [6.45, 7) is 2.43. The van der Waals surface area contributed by atoms with E-state index >= 15 is 0 Å². The third-order valence-corrected chi connectivity index (χ3v) is 4.31. The van der Waals surface area contributed by atoms with Crippen LogP contribution in [0.4, 0.5) is 0 Å². The number of rotatable bonds is 8. The Morgan fingerprint density at radius 2 is 1.87 bits per heavy atom. The van der Waals surface area contributed by atoms with Crippen molar-refractivity contribution in [1.29, 1.82) is 0 Å². The van der Waals surface area contributed by atoms with Gasteiger partial charge >= 0.3 is 0 Å². The quantitative estimate of drug-likeness (QED) is 0.592. The van der Waals surface area contributed by atoms with Crippen molar-refractivity contribution < 1.29 is 9.90 Å². The van der Waals surface area contributed by atoms with Gasteiger partial charge in [-0.15, -0.1) is 0 Å². The van der Waals surface area contributed by atoms with Crippen molar-refractivity contribution >= 4 is 21.6 Å². The predicted molar refractivity (Wildman–Crippen MR) is 94.0 cm³/mol. The molecule has 0 saturated carbocycles. The number of aliphatic hydroxyl groups is 1. The Bertz CT molecular complexity index is 559. The molecular weight excluding hydrogens is 284 g/mol. The van der Waals surface area contributed by atoms with Crippen molar-refractivity contribution in [3.8, 4) is 0 Å². The van der Waals surface area contributed by atoms with Crippen molar-refractivity contribution in [3.63, 3.8) is 0 Å². The fourth-order valence-electron chi connectivity index (χ4n) is 2.89. The van der Waals surface area contributed by atoms with Gasteiger partial charge in [-0.25, -0.2) is 0 Å². The molecule has 1 atom stereocenters. The zero-order valence-electron chi connectivity index (χ0n) is 13.7. The molecule has 1 amide bonds. The summed E-state index contributed by atoms with van der Waals surface area (Å²) in [5.74, 6) is -0.172. The van der Waals surface area contributed by atoms with E-state index in [2.05, 4.69) is 6.92 Å². The van der Waals surface area contributed by atoms with E-state index < -0.39 is 11.4 Å². The maximum atomic E-state index is 12.7. The van der Waals surface area contributed by atoms with Gasteiger partial charge < -0.3 is 10.0 Å². The molecule has 1 aromatic carbocycles. The Morgan fingerprint density at radius 1 is 1.17 bits per heavy atom. The largest absolute Gasteiger partial charge is 0.368 e. The number of benzene rings is 1. The van der Waals surface area contributed by atoms with Gasteiger partial charge in [0.15, 0.2) is 0 Å². The fourth-order valence-corrected chi connectivity index (χ4v) is 2.89. The van der Waals surface area contributed by atoms with Gasteiger partial charge in [-0.05, 0) is 24.5 Å². The Morgan fingerprint density at radius 3 is 2.48 bits per heavy atom. The highest BCUT2D eigenvalue weighted by Crippen LogP contribution is 2.36. The van der Waals surface area contributed by atoms with Crippen molar-refractivity contribution in [2.45, 2.75) is 57.0 Å². The predicted octanol–water partition coefficient (Wildman–Crippen LogP) is 2.70. The molecule has 4 radical (unpaired) electrons. The topological polar surface area (TPSA) is 40.5 Å². The summed E-state index contributed by atoms with van der Waals surface area (Å²) in [4.78, 5) is 14.1. The van der Waals surface area contributed by atoms with Crippen molar-refractivity contribution in [3.05, 3.63) is 47.5 Å². The van der Waals surface area contributed by atoms with E-state index in [4.69, 9.17) is 15.7 Å². The number of carbonyl (C=O) groups excluding carboxylic acids is 1. The van der Waals surface area contributed by atoms with Gasteiger partial charge in [-0.1, -0.05) is 62.2 Å². The van der Waals surface area contributed by atoms with E-state index in [1.54, 1.807) is 6.08 Å². The first-order valence-corrected chi connectivity index (χ1v) is 8.30. The SMILES string of the molecule is [B]C([B])C1(O)C=C(CCCCCC)C(=O)N1Cc1ccccc1. The molecule has 1 heterocycles. The molecule has 0 fully saturated rings. The molecule has 23 heavy (non-hydrogen) atoms. The maximum absolute atomic E-state index is 12.7. The van der Waals surface area contributed by atoms with E-state index in [9.17, 15) is 9.90 Å². The first kappa shape index (κ1) is 17.9. The first-order chi connectivity index (χ1) is 11.0. The highest BCUT2D eigenvalue weighted by atomic mass is 16.3. The van der Waals surface area contributed by atoms with Crippen LogP contribution in [0.3, 0.4) is 0 Å². The van der Waals surface area contributed by atoms with Gasteiger partial charge in [-0.3, -0.25) is 4.79 Å². The van der Waals surface area contributed by atoms with Gasteiger partial charge in [0.05, 0.1) is 15.7 Å². The molecule has 0 aliphatic carbocycles. The number of nitrogens with zero attached hydrogens (tertiary/aromatic N) is 1. The molecule has 3 nitrogen and oxygen atoms in total. The van der Waals surface area contributed by atoms with E-state index in [0.29, 0.717) is 12.0 Å². The van der Waals surface area contributed by atoms with Crippen LogP contribution in [-0.2, 0) is 11.3 Å². The highest BCUT2D eigenvalue weighted by molar-refractivity contribution is 6.36. The second kappa shape index (κ2) is 7.87. The standard InChI is InChI=1S/C18H23B2NO2/c1-2-3-4-8-11-15-12-18(23,17(19)20)21(16(15)22)13-14-9-6-5-7-10-14/h5-7,9-10,12,17,23H,2-4,8,11,13H2,1H3. The van der Waals surface area contributed by atoms with Crippen LogP contribution < -0.4 is 0 Å². The molecular formula is C18H23B2NO2. The third kappa shape index (κ3) is 4.08. The lowest BCUT2D eigenvalue weighted by Crippen LogP contribution is -2.49. The van der Waals surface area contributed by atoms with Crippen molar-refractivity contribution in [2.24, 2.45) is 0 Å². The van der Waals surface area contributed by atoms with Crippen molar-refractivity contribution in [2.75, 3.05) is 0 Å². The average molecular weight is 307 g/mol. The summed E-state index contributed by atoms with van der Waals surface area (Å²) in [7, 11) is 11.5. The number of hydrogen-bond acceptors (Lipinski definition) is 2. The normalized spacial score (nSPS) is 21.1. The molecule has 118 valence electrons. The second-order valence-corrected chi connectivity index (χ2v) is 6.17. The lowest BCUT2D eigenvalue weighted by Gasteiger charge is -2.37. The number of unbranched alkanes of at least 4 members (excludes halogenated alkanes) is 3. The van der Waals surface area contributed by atoms with Crippen LogP contribution in [0.25, 0.3) is 0 Å². The Balaban J connectivity index is 2.13. The maximum Gasteiger partial charge on any atom is 0.252 e. The highest BCUT2D eigenvalue weighted by Gasteiger charge is 2.44. The summed E-state index contributed by atoms with van der Waals surface area (Å²) < 4.78 is 0. The minimum Gasteiger partial charge on any atom is -0.368 e. The molecule has 5 heteroatoms. The monoisotopic (exact) mass is 307 g/mol. The van der Waals surface area contributed by atoms with Crippen LogP contribution in [-0.4, -0.2) is 37.3 Å². The van der Waals surface area contributed by atoms with Gasteiger partial charge in [0.1, 0.15) is 5.72 Å². The van der Waals surface area contributed by atoms with Crippen LogP contribution in [0, 0.1) is 0 Å². The summed E-state index contributed by atoms with van der Waals surface area (Å²) in [6.07, 6.45) is 6.50. The molecule has 0 spiro atoms. The molecule has 1 aliphatic rings. The van der Waals surface area contributed by atoms with Gasteiger partial charge in [-0.2, -0.15) is 0 Å². The van der Waals surface area contributed by atoms with Crippen LogP contribution in [0.5, 0.6) is 0 Å². The summed E-state index contributed by atoms with van der Waals surface area (Å²) in [6, 6.07) is 9.53. The lowest BCUT2D eigenvalue weighted by atomic mass is 9.64. The molecule has 0 saturated heterocycles. The van der Waals surface area contributed by atoms with Gasteiger partial charge in [0.25, 0.3) is 5.91 Å². The average Bonchev–Trinajstić information content (AvgIpc) is 2.78. The lowest BCUT2D eigenvalue weighted by molar-refractivity contribution is -0.142. The molecule has 2 rings (SSSR count). The minimum absolute atomic E-state index is 0.172. The van der Waals surface area contributed by atoms with Crippen molar-refractivity contribution in [1.82, 2.24) is 4.90 Å². The Labute approximate surface area is 141 Å². The molecule has 1 aromatic rings.